The Balaban J connectivity index is 1.42. The van der Waals surface area contributed by atoms with Crippen LogP contribution in [-0.4, -0.2) is 27.8 Å². The second-order valence-electron chi connectivity index (χ2n) is 7.84. The normalized spacial score (nSPS) is 14.7. The average Bonchev–Trinajstić information content (AvgIpc) is 3.30. The minimum absolute atomic E-state index is 0.150. The Morgan fingerprint density at radius 1 is 1.06 bits per heavy atom. The molecule has 0 spiro atoms. The molecule has 0 fully saturated rings. The van der Waals surface area contributed by atoms with Crippen LogP contribution in [-0.2, 0) is 4.79 Å². The van der Waals surface area contributed by atoms with Gasteiger partial charge in [0, 0.05) is 17.3 Å². The molecule has 174 valence electrons. The average molecular weight is 468 g/mol. The van der Waals surface area contributed by atoms with E-state index in [0.29, 0.717) is 11.7 Å². The van der Waals surface area contributed by atoms with Gasteiger partial charge in [0.05, 0.1) is 7.11 Å². The second-order valence-corrected chi connectivity index (χ2v) is 7.84. The fourth-order valence-electron chi connectivity index (χ4n) is 3.85. The Kier molecular flexibility index (Phi) is 6.09. The van der Waals surface area contributed by atoms with Gasteiger partial charge in [-0.2, -0.15) is 4.98 Å². The summed E-state index contributed by atoms with van der Waals surface area (Å²) in [5.74, 6) is 0.580. The van der Waals surface area contributed by atoms with Crippen molar-refractivity contribution < 1.29 is 13.9 Å². The number of anilines is 2. The van der Waals surface area contributed by atoms with Gasteiger partial charge in [0.2, 0.25) is 5.95 Å². The lowest BCUT2D eigenvalue weighted by Gasteiger charge is -2.24. The minimum Gasteiger partial charge on any atom is -0.496 e. The highest BCUT2D eigenvalue weighted by molar-refractivity contribution is 6.01. The van der Waals surface area contributed by atoms with Crippen molar-refractivity contribution in [3.8, 4) is 5.75 Å². The predicted molar refractivity (Wildman–Crippen MR) is 133 cm³/mol. The molecular weight excluding hydrogens is 445 g/mol. The van der Waals surface area contributed by atoms with E-state index >= 15 is 0 Å². The first kappa shape index (κ1) is 22.1. The molecule has 1 atom stereocenters. The van der Waals surface area contributed by atoms with Crippen molar-refractivity contribution in [3.05, 3.63) is 114 Å². The van der Waals surface area contributed by atoms with Crippen LogP contribution >= 0.6 is 0 Å². The number of carbonyl (C=O) groups is 1. The van der Waals surface area contributed by atoms with Gasteiger partial charge < -0.3 is 10.1 Å². The second kappa shape index (κ2) is 9.64. The molecule has 35 heavy (non-hydrogen) atoms. The zero-order valence-electron chi connectivity index (χ0n) is 18.9. The number of methoxy groups -OCH3 is 1. The predicted octanol–water partition coefficient (Wildman–Crippen LogP) is 5.13. The van der Waals surface area contributed by atoms with E-state index in [1.165, 1.54) is 18.2 Å². The van der Waals surface area contributed by atoms with Gasteiger partial charge >= 0.3 is 0 Å². The van der Waals surface area contributed by atoms with Gasteiger partial charge in [-0.15, -0.1) is 5.10 Å². The summed E-state index contributed by atoms with van der Waals surface area (Å²) >= 11 is 0. The van der Waals surface area contributed by atoms with Crippen molar-refractivity contribution in [3.63, 3.8) is 0 Å². The van der Waals surface area contributed by atoms with E-state index in [2.05, 4.69) is 20.7 Å². The molecule has 1 aliphatic rings. The van der Waals surface area contributed by atoms with Gasteiger partial charge in [-0.3, -0.25) is 10.1 Å². The Bertz CT molecular complexity index is 1410. The van der Waals surface area contributed by atoms with Crippen molar-refractivity contribution in [1.29, 1.82) is 0 Å². The molecule has 0 saturated carbocycles. The van der Waals surface area contributed by atoms with Gasteiger partial charge in [0.15, 0.2) is 0 Å². The summed E-state index contributed by atoms with van der Waals surface area (Å²) < 4.78 is 20.5. The fourth-order valence-corrected chi connectivity index (χ4v) is 3.85. The van der Waals surface area contributed by atoms with Crippen molar-refractivity contribution in [1.82, 2.24) is 14.8 Å². The van der Waals surface area contributed by atoms with Crippen molar-refractivity contribution >= 4 is 29.6 Å². The number of hydrogen-bond acceptors (Lipinski definition) is 5. The number of carbonyl (C=O) groups excluding carboxylic acids is 1. The zero-order valence-corrected chi connectivity index (χ0v) is 18.9. The summed E-state index contributed by atoms with van der Waals surface area (Å²) in [6.45, 7) is 0. The summed E-state index contributed by atoms with van der Waals surface area (Å²) in [5.41, 5.74) is 3.42. The third kappa shape index (κ3) is 4.81. The van der Waals surface area contributed by atoms with Gasteiger partial charge in [0.1, 0.15) is 17.6 Å². The van der Waals surface area contributed by atoms with Crippen LogP contribution in [0.5, 0.6) is 5.75 Å². The van der Waals surface area contributed by atoms with E-state index in [4.69, 9.17) is 4.74 Å². The summed E-state index contributed by atoms with van der Waals surface area (Å²) in [5, 5.41) is 10.5. The first-order valence-electron chi connectivity index (χ1n) is 11.0. The van der Waals surface area contributed by atoms with Crippen LogP contribution in [0.25, 0.3) is 11.8 Å². The highest BCUT2D eigenvalue weighted by Crippen LogP contribution is 2.33. The molecule has 1 amide bonds. The van der Waals surface area contributed by atoms with Crippen LogP contribution < -0.4 is 15.4 Å². The molecule has 4 aromatic rings. The summed E-state index contributed by atoms with van der Waals surface area (Å²) in [6.07, 6.45) is 5.06. The largest absolute Gasteiger partial charge is 0.496 e. The maximum atomic E-state index is 13.6. The monoisotopic (exact) mass is 467 g/mol. The smallest absolute Gasteiger partial charge is 0.250 e. The summed E-state index contributed by atoms with van der Waals surface area (Å²) in [7, 11) is 1.58. The topological polar surface area (TPSA) is 81.1 Å². The van der Waals surface area contributed by atoms with Crippen molar-refractivity contribution in [2.75, 3.05) is 17.7 Å². The maximum absolute atomic E-state index is 13.6. The van der Waals surface area contributed by atoms with Gasteiger partial charge in [-0.25, -0.2) is 9.07 Å². The molecule has 0 unspecified atom stereocenters. The number of hydrogen-bond donors (Lipinski definition) is 2. The number of nitrogens with zero attached hydrogens (tertiary/aromatic N) is 3. The lowest BCUT2D eigenvalue weighted by atomic mass is 10.0. The van der Waals surface area contributed by atoms with Crippen LogP contribution in [0.4, 0.5) is 16.3 Å². The van der Waals surface area contributed by atoms with Crippen LogP contribution in [0, 0.1) is 5.82 Å². The van der Waals surface area contributed by atoms with E-state index in [-0.39, 0.29) is 23.7 Å². The summed E-state index contributed by atoms with van der Waals surface area (Å²) in [4.78, 5) is 17.1. The Morgan fingerprint density at radius 3 is 2.57 bits per heavy atom. The van der Waals surface area contributed by atoms with Gasteiger partial charge in [-0.05, 0) is 41.5 Å². The molecule has 8 heteroatoms. The molecule has 1 aromatic heterocycles. The number of fused-ring (bicyclic) bond motifs is 1. The molecule has 1 aliphatic heterocycles. The number of allylic oxidation sites excluding steroid dienone is 1. The molecule has 0 saturated heterocycles. The quantitative estimate of drug-likeness (QED) is 0.384. The standard InChI is InChI=1S/C27H22FN5O2/c1-35-24-10-6-5-9-20(24)13-16-25(34)30-26-31-27-29-22(18-7-3-2-4-8-18)17-23(33(27)32-26)19-11-14-21(28)15-12-19/h2-17,23H,1H3,(H2,29,30,31,32,34)/b16-13+/t23-/m0/s1. The molecule has 0 bridgehead atoms. The van der Waals surface area contributed by atoms with E-state index < -0.39 is 0 Å². The third-order valence-corrected chi connectivity index (χ3v) is 5.55. The molecule has 5 rings (SSSR count). The molecule has 2 heterocycles. The van der Waals surface area contributed by atoms with Gasteiger partial charge in [0.25, 0.3) is 11.9 Å². The summed E-state index contributed by atoms with van der Waals surface area (Å²) in [6, 6.07) is 23.1. The van der Waals surface area contributed by atoms with E-state index in [1.807, 2.05) is 60.7 Å². The highest BCUT2D eigenvalue weighted by atomic mass is 19.1. The van der Waals surface area contributed by atoms with Crippen LogP contribution in [0.1, 0.15) is 22.7 Å². The number of para-hydroxylation sites is 1. The Morgan fingerprint density at radius 2 is 1.80 bits per heavy atom. The highest BCUT2D eigenvalue weighted by Gasteiger charge is 2.25. The fraction of sp³-hybridized carbons (Fsp3) is 0.0741. The SMILES string of the molecule is COc1ccccc1/C=C/C(=O)Nc1nc2n(n1)[C@H](c1ccc(F)cc1)C=C(c1ccccc1)N2. The maximum Gasteiger partial charge on any atom is 0.250 e. The first-order valence-corrected chi connectivity index (χ1v) is 11.0. The molecule has 0 aliphatic carbocycles. The molecule has 2 N–H and O–H groups in total. The number of aromatic nitrogens is 3. The van der Waals surface area contributed by atoms with Gasteiger partial charge in [-0.1, -0.05) is 60.7 Å². The first-order chi connectivity index (χ1) is 17.1. The molecule has 3 aromatic carbocycles. The molecule has 0 radical (unpaired) electrons. The number of amides is 1. The van der Waals surface area contributed by atoms with E-state index in [9.17, 15) is 9.18 Å². The molecular formula is C27H22FN5O2. The van der Waals surface area contributed by atoms with Crippen molar-refractivity contribution in [2.24, 2.45) is 0 Å². The molecule has 7 nitrogen and oxygen atoms in total. The minimum atomic E-state index is -0.381. The van der Waals surface area contributed by atoms with E-state index in [0.717, 1.165) is 22.4 Å². The number of rotatable bonds is 6. The van der Waals surface area contributed by atoms with E-state index in [1.54, 1.807) is 30.0 Å². The van der Waals surface area contributed by atoms with Crippen LogP contribution in [0.2, 0.25) is 0 Å². The Labute approximate surface area is 201 Å². The lowest BCUT2D eigenvalue weighted by Crippen LogP contribution is -2.20. The van der Waals surface area contributed by atoms with Crippen molar-refractivity contribution in [2.45, 2.75) is 6.04 Å². The number of nitrogens with one attached hydrogen (secondary N) is 2. The third-order valence-electron chi connectivity index (χ3n) is 5.55. The van der Waals surface area contributed by atoms with Crippen LogP contribution in [0.3, 0.4) is 0 Å². The van der Waals surface area contributed by atoms with Crippen LogP contribution in [0.15, 0.2) is 91.0 Å². The lowest BCUT2D eigenvalue weighted by molar-refractivity contribution is -0.111. The number of benzene rings is 3. The zero-order chi connectivity index (χ0) is 24.2. The number of ether oxygens (including phenoxy) is 1. The number of halogens is 1. The Hall–Kier alpha value is -4.72.